The number of allylic oxidation sites excluding steroid dienone is 1. The third-order valence-electron chi connectivity index (χ3n) is 3.95. The molecule has 1 aromatic rings. The van der Waals surface area contributed by atoms with Crippen LogP contribution < -0.4 is 10.5 Å². The van der Waals surface area contributed by atoms with Crippen LogP contribution in [0.2, 0.25) is 0 Å². The maximum absolute atomic E-state index is 10.1. The van der Waals surface area contributed by atoms with Gasteiger partial charge in [-0.15, -0.1) is 19.0 Å². The molecule has 1 heterocycles. The average Bonchev–Trinajstić information content (AvgIpc) is 2.72. The first-order valence-electron chi connectivity index (χ1n) is 7.02. The maximum Gasteiger partial charge on any atom is 0.161 e. The summed E-state index contributed by atoms with van der Waals surface area (Å²) in [7, 11) is 1.57. The van der Waals surface area contributed by atoms with Crippen molar-refractivity contribution in [3.63, 3.8) is 0 Å². The van der Waals surface area contributed by atoms with Gasteiger partial charge in [-0.3, -0.25) is 4.90 Å². The molecule has 1 fully saturated rings. The van der Waals surface area contributed by atoms with Crippen molar-refractivity contribution in [2.24, 2.45) is 11.7 Å². The van der Waals surface area contributed by atoms with Gasteiger partial charge in [-0.05, 0) is 24.0 Å². The van der Waals surface area contributed by atoms with Crippen LogP contribution in [0.1, 0.15) is 18.1 Å². The zero-order valence-corrected chi connectivity index (χ0v) is 13.5. The smallest absolute Gasteiger partial charge is 0.161 e. The molecule has 4 nitrogen and oxygen atoms in total. The van der Waals surface area contributed by atoms with Gasteiger partial charge < -0.3 is 15.6 Å². The molecule has 2 atom stereocenters. The van der Waals surface area contributed by atoms with Gasteiger partial charge in [0.05, 0.1) is 7.11 Å². The minimum Gasteiger partial charge on any atom is -0.504 e. The number of methoxy groups -OCH3 is 1. The summed E-state index contributed by atoms with van der Waals surface area (Å²) < 4.78 is 5.25. The summed E-state index contributed by atoms with van der Waals surface area (Å²) in [4.78, 5) is 2.35. The molecule has 1 aliphatic rings. The summed E-state index contributed by atoms with van der Waals surface area (Å²) >= 11 is 0. The number of benzene rings is 1. The molecule has 0 bridgehead atoms. The van der Waals surface area contributed by atoms with Gasteiger partial charge in [0.2, 0.25) is 0 Å². The predicted octanol–water partition coefficient (Wildman–Crippen LogP) is 2.33. The zero-order chi connectivity index (χ0) is 14.7. The van der Waals surface area contributed by atoms with Gasteiger partial charge in [0, 0.05) is 31.2 Å². The van der Waals surface area contributed by atoms with Gasteiger partial charge in [0.1, 0.15) is 0 Å². The number of hydrogen-bond donors (Lipinski definition) is 2. The van der Waals surface area contributed by atoms with Crippen molar-refractivity contribution in [1.29, 1.82) is 0 Å². The molecule has 3 N–H and O–H groups in total. The highest BCUT2D eigenvalue weighted by Crippen LogP contribution is 2.32. The summed E-state index contributed by atoms with van der Waals surface area (Å²) in [6.07, 6.45) is 2.41. The Morgan fingerprint density at radius 2 is 2.19 bits per heavy atom. The van der Waals surface area contributed by atoms with E-state index >= 15 is 0 Å². The fraction of sp³-hybridized carbons (Fsp3) is 0.500. The third kappa shape index (κ3) is 4.13. The summed E-state index contributed by atoms with van der Waals surface area (Å²) in [6, 6.07) is 4.17. The van der Waals surface area contributed by atoms with Crippen LogP contribution in [0.25, 0.3) is 0 Å². The van der Waals surface area contributed by atoms with Gasteiger partial charge in [-0.2, -0.15) is 0 Å². The number of halogens is 1. The molecule has 21 heavy (non-hydrogen) atoms. The van der Waals surface area contributed by atoms with E-state index in [-0.39, 0.29) is 24.2 Å². The van der Waals surface area contributed by atoms with Gasteiger partial charge >= 0.3 is 0 Å². The molecule has 2 rings (SSSR count). The molecule has 1 aromatic carbocycles. The highest BCUT2D eigenvalue weighted by molar-refractivity contribution is 5.85. The minimum absolute atomic E-state index is 0. The van der Waals surface area contributed by atoms with E-state index in [1.807, 2.05) is 12.1 Å². The van der Waals surface area contributed by atoms with E-state index in [0.717, 1.165) is 30.8 Å². The number of likely N-dealkylation sites (tertiary alicyclic amines) is 1. The molecule has 0 aliphatic carbocycles. The van der Waals surface area contributed by atoms with E-state index in [9.17, 15) is 5.11 Å². The minimum atomic E-state index is 0. The van der Waals surface area contributed by atoms with Crippen LogP contribution >= 0.6 is 12.4 Å². The first kappa shape index (κ1) is 17.8. The molecular formula is C16H25ClN2O2. The Hall–Kier alpha value is -1.23. The molecule has 0 radical (unpaired) electrons. The predicted molar refractivity (Wildman–Crippen MR) is 88.2 cm³/mol. The van der Waals surface area contributed by atoms with E-state index in [1.54, 1.807) is 13.2 Å². The Kier molecular flexibility index (Phi) is 6.52. The third-order valence-corrected chi connectivity index (χ3v) is 3.95. The standard InChI is InChI=1S/C16H24N2O2.ClH/c1-4-5-13-6-12(7-15(20-3)16(13)19)9-18-8-11(2)14(17)10-18;/h4,6-7,11,14,19H,1,5,8-10,17H2,2-3H3;1H. The van der Waals surface area contributed by atoms with Crippen molar-refractivity contribution in [2.75, 3.05) is 20.2 Å². The number of aromatic hydroxyl groups is 1. The molecule has 0 aromatic heterocycles. The Morgan fingerprint density at radius 1 is 1.48 bits per heavy atom. The van der Waals surface area contributed by atoms with E-state index in [1.165, 1.54) is 0 Å². The van der Waals surface area contributed by atoms with Crippen LogP contribution in [0.15, 0.2) is 24.8 Å². The first-order chi connectivity index (χ1) is 9.55. The number of rotatable bonds is 5. The quantitative estimate of drug-likeness (QED) is 0.819. The van der Waals surface area contributed by atoms with E-state index in [2.05, 4.69) is 18.4 Å². The number of nitrogens with zero attached hydrogens (tertiary/aromatic N) is 1. The lowest BCUT2D eigenvalue weighted by atomic mass is 10.1. The molecule has 0 spiro atoms. The molecule has 1 saturated heterocycles. The Bertz CT molecular complexity index is 483. The summed E-state index contributed by atoms with van der Waals surface area (Å²) in [5.74, 6) is 1.26. The Balaban J connectivity index is 0.00000220. The van der Waals surface area contributed by atoms with Crippen molar-refractivity contribution in [2.45, 2.75) is 25.9 Å². The highest BCUT2D eigenvalue weighted by atomic mass is 35.5. The molecular weight excluding hydrogens is 288 g/mol. The average molecular weight is 313 g/mol. The monoisotopic (exact) mass is 312 g/mol. The van der Waals surface area contributed by atoms with Gasteiger partial charge in [-0.1, -0.05) is 19.1 Å². The van der Waals surface area contributed by atoms with Crippen LogP contribution in [0.5, 0.6) is 11.5 Å². The lowest BCUT2D eigenvalue weighted by molar-refractivity contribution is 0.316. The van der Waals surface area contributed by atoms with E-state index in [4.69, 9.17) is 10.5 Å². The fourth-order valence-electron chi connectivity index (χ4n) is 2.77. The molecule has 5 heteroatoms. The zero-order valence-electron chi connectivity index (χ0n) is 12.7. The lowest BCUT2D eigenvalue weighted by Crippen LogP contribution is -2.28. The van der Waals surface area contributed by atoms with Crippen LogP contribution in [0, 0.1) is 5.92 Å². The second-order valence-corrected chi connectivity index (χ2v) is 5.63. The maximum atomic E-state index is 10.1. The van der Waals surface area contributed by atoms with Crippen LogP contribution in [0.4, 0.5) is 0 Å². The van der Waals surface area contributed by atoms with Crippen LogP contribution in [-0.2, 0) is 13.0 Å². The molecule has 0 saturated carbocycles. The van der Waals surface area contributed by atoms with E-state index in [0.29, 0.717) is 18.1 Å². The molecule has 0 amide bonds. The Labute approximate surface area is 133 Å². The molecule has 118 valence electrons. The van der Waals surface area contributed by atoms with Crippen molar-refractivity contribution in [1.82, 2.24) is 4.90 Å². The number of phenolic OH excluding ortho intramolecular Hbond substituents is 1. The second-order valence-electron chi connectivity index (χ2n) is 5.63. The molecule has 1 aliphatic heterocycles. The summed E-state index contributed by atoms with van der Waals surface area (Å²) in [6.45, 7) is 8.68. The highest BCUT2D eigenvalue weighted by Gasteiger charge is 2.26. The Morgan fingerprint density at radius 3 is 2.71 bits per heavy atom. The normalized spacial score (nSPS) is 21.9. The van der Waals surface area contributed by atoms with Crippen molar-refractivity contribution in [3.05, 3.63) is 35.9 Å². The van der Waals surface area contributed by atoms with Gasteiger partial charge in [0.25, 0.3) is 0 Å². The van der Waals surface area contributed by atoms with Crippen molar-refractivity contribution < 1.29 is 9.84 Å². The number of nitrogens with two attached hydrogens (primary N) is 1. The van der Waals surface area contributed by atoms with Crippen molar-refractivity contribution >= 4 is 12.4 Å². The van der Waals surface area contributed by atoms with Crippen LogP contribution in [0.3, 0.4) is 0 Å². The molecule has 2 unspecified atom stereocenters. The SMILES string of the molecule is C=CCc1cc(CN2CC(C)C(N)C2)cc(OC)c1O.Cl. The summed E-state index contributed by atoms with van der Waals surface area (Å²) in [5, 5.41) is 10.1. The number of ether oxygens (including phenoxy) is 1. The topological polar surface area (TPSA) is 58.7 Å². The fourth-order valence-corrected chi connectivity index (χ4v) is 2.77. The van der Waals surface area contributed by atoms with Gasteiger partial charge in [-0.25, -0.2) is 0 Å². The van der Waals surface area contributed by atoms with E-state index < -0.39 is 0 Å². The summed E-state index contributed by atoms with van der Waals surface area (Å²) in [5.41, 5.74) is 8.05. The second kappa shape index (κ2) is 7.69. The lowest BCUT2D eigenvalue weighted by Gasteiger charge is -2.17. The van der Waals surface area contributed by atoms with Crippen LogP contribution in [-0.4, -0.2) is 36.2 Å². The first-order valence-corrected chi connectivity index (χ1v) is 7.02. The number of phenols is 1. The number of hydrogen-bond acceptors (Lipinski definition) is 4. The largest absolute Gasteiger partial charge is 0.504 e. The van der Waals surface area contributed by atoms with Crippen molar-refractivity contribution in [3.8, 4) is 11.5 Å². The van der Waals surface area contributed by atoms with Gasteiger partial charge in [0.15, 0.2) is 11.5 Å².